The first kappa shape index (κ1) is 13.6. The molecule has 2 aromatic carbocycles. The fraction of sp³-hybridized carbons (Fsp3) is 0.111. The lowest BCUT2D eigenvalue weighted by atomic mass is 9.87. The standard InChI is InChI=1S/C18H17Cl/c1-3-14-11-8-12-17(18(14)13-19)16(4-2)15-9-6-5-7-10-15/h3-12,16H,1-2,13H2. The fourth-order valence-corrected chi connectivity index (χ4v) is 2.67. The van der Waals surface area contributed by atoms with Gasteiger partial charge in [0, 0.05) is 11.8 Å². The van der Waals surface area contributed by atoms with Crippen molar-refractivity contribution in [1.29, 1.82) is 0 Å². The third-order valence-corrected chi connectivity index (χ3v) is 3.60. The highest BCUT2D eigenvalue weighted by Crippen LogP contribution is 2.31. The molecule has 0 radical (unpaired) electrons. The first-order chi connectivity index (χ1) is 9.31. The highest BCUT2D eigenvalue weighted by Gasteiger charge is 2.15. The number of alkyl halides is 1. The molecule has 1 unspecified atom stereocenters. The fourth-order valence-electron chi connectivity index (χ4n) is 2.36. The van der Waals surface area contributed by atoms with Crippen molar-refractivity contribution >= 4 is 17.7 Å². The molecule has 0 nitrogen and oxygen atoms in total. The molecule has 96 valence electrons. The summed E-state index contributed by atoms with van der Waals surface area (Å²) in [6.45, 7) is 7.83. The summed E-state index contributed by atoms with van der Waals surface area (Å²) in [6, 6.07) is 16.5. The van der Waals surface area contributed by atoms with Gasteiger partial charge in [0.25, 0.3) is 0 Å². The molecule has 0 spiro atoms. The molecule has 0 saturated heterocycles. The molecule has 0 aliphatic carbocycles. The molecular weight excluding hydrogens is 252 g/mol. The normalized spacial score (nSPS) is 11.8. The van der Waals surface area contributed by atoms with Crippen LogP contribution in [0.1, 0.15) is 28.2 Å². The van der Waals surface area contributed by atoms with Crippen LogP contribution in [0.3, 0.4) is 0 Å². The average Bonchev–Trinajstić information content (AvgIpc) is 2.48. The zero-order valence-electron chi connectivity index (χ0n) is 10.9. The van der Waals surface area contributed by atoms with Gasteiger partial charge in [0.2, 0.25) is 0 Å². The Labute approximate surface area is 120 Å². The van der Waals surface area contributed by atoms with Crippen LogP contribution in [0.25, 0.3) is 6.08 Å². The molecule has 19 heavy (non-hydrogen) atoms. The molecule has 1 atom stereocenters. The van der Waals surface area contributed by atoms with Gasteiger partial charge in [0.15, 0.2) is 0 Å². The van der Waals surface area contributed by atoms with Gasteiger partial charge < -0.3 is 0 Å². The van der Waals surface area contributed by atoms with E-state index in [0.717, 1.165) is 11.1 Å². The van der Waals surface area contributed by atoms with Gasteiger partial charge in [0.1, 0.15) is 0 Å². The summed E-state index contributed by atoms with van der Waals surface area (Å²) < 4.78 is 0. The van der Waals surface area contributed by atoms with Crippen molar-refractivity contribution in [3.8, 4) is 0 Å². The van der Waals surface area contributed by atoms with E-state index in [4.69, 9.17) is 11.6 Å². The lowest BCUT2D eigenvalue weighted by molar-refractivity contribution is 1.00. The maximum absolute atomic E-state index is 6.12. The molecule has 2 rings (SSSR count). The van der Waals surface area contributed by atoms with E-state index in [2.05, 4.69) is 31.4 Å². The first-order valence-corrected chi connectivity index (χ1v) is 6.83. The van der Waals surface area contributed by atoms with E-state index in [1.165, 1.54) is 11.1 Å². The second-order valence-electron chi connectivity index (χ2n) is 4.38. The Balaban J connectivity index is 2.56. The second kappa shape index (κ2) is 6.40. The van der Waals surface area contributed by atoms with Crippen molar-refractivity contribution in [2.75, 3.05) is 0 Å². The molecule has 0 amide bonds. The van der Waals surface area contributed by atoms with Gasteiger partial charge >= 0.3 is 0 Å². The molecule has 0 saturated carbocycles. The molecule has 0 aliphatic heterocycles. The molecule has 0 aromatic heterocycles. The van der Waals surface area contributed by atoms with Gasteiger partial charge in [-0.25, -0.2) is 0 Å². The first-order valence-electron chi connectivity index (χ1n) is 6.29. The highest BCUT2D eigenvalue weighted by molar-refractivity contribution is 6.17. The summed E-state index contributed by atoms with van der Waals surface area (Å²) in [7, 11) is 0. The molecule has 0 bridgehead atoms. The zero-order valence-corrected chi connectivity index (χ0v) is 11.6. The quantitative estimate of drug-likeness (QED) is 0.504. The predicted molar refractivity (Wildman–Crippen MR) is 84.6 cm³/mol. The van der Waals surface area contributed by atoms with Crippen molar-refractivity contribution in [2.45, 2.75) is 11.8 Å². The van der Waals surface area contributed by atoms with E-state index in [9.17, 15) is 0 Å². The minimum Gasteiger partial charge on any atom is -0.122 e. The van der Waals surface area contributed by atoms with Crippen LogP contribution in [-0.2, 0) is 5.88 Å². The molecule has 0 N–H and O–H groups in total. The molecule has 0 aliphatic rings. The Kier molecular flexibility index (Phi) is 4.59. The van der Waals surface area contributed by atoms with Crippen molar-refractivity contribution < 1.29 is 0 Å². The van der Waals surface area contributed by atoms with Crippen molar-refractivity contribution in [2.24, 2.45) is 0 Å². The van der Waals surface area contributed by atoms with Crippen LogP contribution in [0, 0.1) is 0 Å². The predicted octanol–water partition coefficient (Wildman–Crippen LogP) is 5.39. The molecule has 0 heterocycles. The number of rotatable bonds is 5. The Morgan fingerprint density at radius 1 is 1.00 bits per heavy atom. The lowest BCUT2D eigenvalue weighted by Crippen LogP contribution is -2.02. The Morgan fingerprint density at radius 2 is 1.74 bits per heavy atom. The highest BCUT2D eigenvalue weighted by atomic mass is 35.5. The number of halogens is 1. The van der Waals surface area contributed by atoms with E-state index >= 15 is 0 Å². The molecular formula is C18H17Cl. The molecule has 1 heteroatoms. The van der Waals surface area contributed by atoms with Crippen LogP contribution in [0.4, 0.5) is 0 Å². The van der Waals surface area contributed by atoms with Crippen LogP contribution >= 0.6 is 11.6 Å². The third-order valence-electron chi connectivity index (χ3n) is 3.33. The zero-order chi connectivity index (χ0) is 13.7. The number of hydrogen-bond donors (Lipinski definition) is 0. The van der Waals surface area contributed by atoms with Gasteiger partial charge in [-0.2, -0.15) is 0 Å². The van der Waals surface area contributed by atoms with Crippen LogP contribution < -0.4 is 0 Å². The van der Waals surface area contributed by atoms with Crippen molar-refractivity contribution in [3.63, 3.8) is 0 Å². The van der Waals surface area contributed by atoms with E-state index in [1.54, 1.807) is 0 Å². The number of hydrogen-bond acceptors (Lipinski definition) is 0. The number of allylic oxidation sites excluding steroid dienone is 1. The third kappa shape index (κ3) is 2.80. The Hall–Kier alpha value is -1.79. The maximum Gasteiger partial charge on any atom is 0.0483 e. The molecule has 2 aromatic rings. The largest absolute Gasteiger partial charge is 0.122 e. The summed E-state index contributed by atoms with van der Waals surface area (Å²) in [5.74, 6) is 0.643. The molecule has 0 fully saturated rings. The monoisotopic (exact) mass is 268 g/mol. The van der Waals surface area contributed by atoms with Gasteiger partial charge in [-0.3, -0.25) is 0 Å². The van der Waals surface area contributed by atoms with E-state index in [0.29, 0.717) is 5.88 Å². The summed E-state index contributed by atoms with van der Waals surface area (Å²) in [5, 5.41) is 0. The minimum absolute atomic E-state index is 0.162. The van der Waals surface area contributed by atoms with E-state index < -0.39 is 0 Å². The number of benzene rings is 2. The van der Waals surface area contributed by atoms with Crippen molar-refractivity contribution in [3.05, 3.63) is 90.0 Å². The van der Waals surface area contributed by atoms with Crippen LogP contribution in [0.15, 0.2) is 67.8 Å². The Morgan fingerprint density at radius 3 is 2.32 bits per heavy atom. The van der Waals surface area contributed by atoms with Crippen molar-refractivity contribution in [1.82, 2.24) is 0 Å². The van der Waals surface area contributed by atoms with Crippen LogP contribution in [0.5, 0.6) is 0 Å². The van der Waals surface area contributed by atoms with Gasteiger partial charge in [0.05, 0.1) is 0 Å². The van der Waals surface area contributed by atoms with Gasteiger partial charge in [-0.05, 0) is 22.3 Å². The smallest absolute Gasteiger partial charge is 0.0483 e. The minimum atomic E-state index is 0.162. The van der Waals surface area contributed by atoms with Crippen LogP contribution in [-0.4, -0.2) is 0 Å². The summed E-state index contributed by atoms with van der Waals surface area (Å²) in [6.07, 6.45) is 3.82. The summed E-state index contributed by atoms with van der Waals surface area (Å²) in [5.41, 5.74) is 4.65. The second-order valence-corrected chi connectivity index (χ2v) is 4.64. The van der Waals surface area contributed by atoms with E-state index in [1.807, 2.05) is 42.5 Å². The lowest BCUT2D eigenvalue weighted by Gasteiger charge is -2.18. The summed E-state index contributed by atoms with van der Waals surface area (Å²) >= 11 is 6.12. The maximum atomic E-state index is 6.12. The Bertz CT molecular complexity index is 569. The van der Waals surface area contributed by atoms with Gasteiger partial charge in [-0.1, -0.05) is 67.3 Å². The summed E-state index contributed by atoms with van der Waals surface area (Å²) in [4.78, 5) is 0. The topological polar surface area (TPSA) is 0 Å². The SMILES string of the molecule is C=Cc1cccc(C(C=C)c2ccccc2)c1CCl. The average molecular weight is 269 g/mol. The van der Waals surface area contributed by atoms with Crippen LogP contribution in [0.2, 0.25) is 0 Å². The van der Waals surface area contributed by atoms with E-state index in [-0.39, 0.29) is 5.92 Å². The van der Waals surface area contributed by atoms with Gasteiger partial charge in [-0.15, -0.1) is 18.2 Å².